The number of rotatable bonds is 5. The topological polar surface area (TPSA) is 32.3 Å². The molecule has 2 amide bonds. The molecule has 0 radical (unpaired) electrons. The number of urea groups is 1. The zero-order valence-electron chi connectivity index (χ0n) is 9.02. The average molecular weight is 226 g/mol. The number of hydrogen-bond donors (Lipinski definition) is 1. The van der Waals surface area contributed by atoms with Gasteiger partial charge in [0, 0.05) is 13.1 Å². The summed E-state index contributed by atoms with van der Waals surface area (Å²) < 4.78 is 35.4. The molecule has 6 heteroatoms. The van der Waals surface area contributed by atoms with E-state index in [2.05, 4.69) is 0 Å². The first kappa shape index (κ1) is 14.1. The highest BCUT2D eigenvalue weighted by Crippen LogP contribution is 2.12. The Morgan fingerprint density at radius 2 is 1.93 bits per heavy atom. The van der Waals surface area contributed by atoms with E-state index in [1.807, 2.05) is 12.2 Å². The van der Waals surface area contributed by atoms with Crippen LogP contribution in [0.15, 0.2) is 0 Å². The van der Waals surface area contributed by atoms with E-state index in [1.54, 1.807) is 6.92 Å². The molecule has 0 atom stereocenters. The van der Waals surface area contributed by atoms with Crippen LogP contribution in [0.25, 0.3) is 0 Å². The van der Waals surface area contributed by atoms with Crippen molar-refractivity contribution >= 4 is 6.03 Å². The molecule has 0 saturated heterocycles. The lowest BCUT2D eigenvalue weighted by atomic mass is 10.3. The molecule has 0 fully saturated rings. The quantitative estimate of drug-likeness (QED) is 0.767. The van der Waals surface area contributed by atoms with E-state index in [0.29, 0.717) is 13.1 Å². The molecule has 0 aromatic heterocycles. The highest BCUT2D eigenvalue weighted by atomic mass is 19.4. The van der Waals surface area contributed by atoms with Gasteiger partial charge in [0.15, 0.2) is 0 Å². The predicted octanol–water partition coefficient (Wildman–Crippen LogP) is 2.38. The zero-order chi connectivity index (χ0) is 11.9. The molecule has 0 unspecified atom stereocenters. The zero-order valence-corrected chi connectivity index (χ0v) is 9.02. The second-order valence-electron chi connectivity index (χ2n) is 3.21. The second-order valence-corrected chi connectivity index (χ2v) is 3.21. The fourth-order valence-electron chi connectivity index (χ4n) is 1.04. The molecule has 0 spiro atoms. The predicted molar refractivity (Wildman–Crippen MR) is 51.6 cm³/mol. The lowest BCUT2D eigenvalue weighted by molar-refractivity contribution is -0.123. The molecule has 15 heavy (non-hydrogen) atoms. The normalized spacial score (nSPS) is 11.3. The molecular formula is C9H17F3N2O. The van der Waals surface area contributed by atoms with E-state index in [0.717, 1.165) is 12.8 Å². The molecule has 3 nitrogen and oxygen atoms in total. The Morgan fingerprint density at radius 3 is 2.33 bits per heavy atom. The minimum Gasteiger partial charge on any atom is -0.329 e. The van der Waals surface area contributed by atoms with Gasteiger partial charge in [-0.3, -0.25) is 0 Å². The minimum absolute atomic E-state index is 0.420. The number of amides is 2. The number of carbonyl (C=O) groups is 1. The summed E-state index contributed by atoms with van der Waals surface area (Å²) in [6, 6.07) is -0.650. The van der Waals surface area contributed by atoms with Crippen LogP contribution in [0.2, 0.25) is 0 Å². The van der Waals surface area contributed by atoms with Crippen molar-refractivity contribution in [3.05, 3.63) is 0 Å². The molecule has 90 valence electrons. The van der Waals surface area contributed by atoms with Crippen LogP contribution >= 0.6 is 0 Å². The first-order chi connectivity index (χ1) is 6.90. The number of halogens is 3. The number of alkyl halides is 3. The van der Waals surface area contributed by atoms with Crippen molar-refractivity contribution < 1.29 is 18.0 Å². The Morgan fingerprint density at radius 1 is 1.33 bits per heavy atom. The third-order valence-electron chi connectivity index (χ3n) is 1.89. The summed E-state index contributed by atoms with van der Waals surface area (Å²) in [6.07, 6.45) is -2.64. The summed E-state index contributed by atoms with van der Waals surface area (Å²) in [4.78, 5) is 12.6. The van der Waals surface area contributed by atoms with Crippen LogP contribution in [0.5, 0.6) is 0 Å². The maximum absolute atomic E-state index is 11.8. The van der Waals surface area contributed by atoms with Crippen molar-refractivity contribution in [2.75, 3.05) is 19.6 Å². The van der Waals surface area contributed by atoms with Gasteiger partial charge in [0.05, 0.1) is 0 Å². The van der Waals surface area contributed by atoms with E-state index in [-0.39, 0.29) is 0 Å². The van der Waals surface area contributed by atoms with Crippen LogP contribution in [0.1, 0.15) is 26.7 Å². The van der Waals surface area contributed by atoms with E-state index < -0.39 is 18.8 Å². The smallest absolute Gasteiger partial charge is 0.329 e. The number of hydrogen-bond acceptors (Lipinski definition) is 1. The molecule has 0 aromatic carbocycles. The molecule has 0 aliphatic rings. The van der Waals surface area contributed by atoms with E-state index in [4.69, 9.17) is 0 Å². The standard InChI is InChI=1S/C9H17F3N2O/c1-3-5-6-14(4-2)8(15)13-7-9(10,11)12/h3-7H2,1-2H3,(H,13,15). The Kier molecular flexibility index (Phi) is 6.12. The monoisotopic (exact) mass is 226 g/mol. The van der Waals surface area contributed by atoms with Crippen LogP contribution in [0.3, 0.4) is 0 Å². The number of unbranched alkanes of at least 4 members (excludes halogenated alkanes) is 1. The van der Waals surface area contributed by atoms with Gasteiger partial charge < -0.3 is 10.2 Å². The van der Waals surface area contributed by atoms with E-state index in [9.17, 15) is 18.0 Å². The third kappa shape index (κ3) is 7.04. The highest BCUT2D eigenvalue weighted by molar-refractivity contribution is 5.74. The minimum atomic E-state index is -4.35. The molecule has 0 aliphatic carbocycles. The van der Waals surface area contributed by atoms with Crippen LogP contribution in [0.4, 0.5) is 18.0 Å². The van der Waals surface area contributed by atoms with Crippen molar-refractivity contribution in [2.45, 2.75) is 32.9 Å². The maximum Gasteiger partial charge on any atom is 0.405 e. The van der Waals surface area contributed by atoms with Gasteiger partial charge in [0.1, 0.15) is 6.54 Å². The Labute approximate surface area is 87.6 Å². The summed E-state index contributed by atoms with van der Waals surface area (Å²) in [5, 5.41) is 1.84. The van der Waals surface area contributed by atoms with Gasteiger partial charge >= 0.3 is 12.2 Å². The van der Waals surface area contributed by atoms with Gasteiger partial charge in [-0.2, -0.15) is 13.2 Å². The van der Waals surface area contributed by atoms with Crippen LogP contribution in [0, 0.1) is 0 Å². The van der Waals surface area contributed by atoms with Gasteiger partial charge in [0.25, 0.3) is 0 Å². The SMILES string of the molecule is CCCCN(CC)C(=O)NCC(F)(F)F. The summed E-state index contributed by atoms with van der Waals surface area (Å²) in [5.74, 6) is 0. The van der Waals surface area contributed by atoms with Gasteiger partial charge in [-0.1, -0.05) is 13.3 Å². The molecule has 0 heterocycles. The third-order valence-corrected chi connectivity index (χ3v) is 1.89. The number of nitrogens with zero attached hydrogens (tertiary/aromatic N) is 1. The first-order valence-corrected chi connectivity index (χ1v) is 5.00. The molecule has 0 aliphatic heterocycles. The lowest BCUT2D eigenvalue weighted by Gasteiger charge is -2.21. The van der Waals surface area contributed by atoms with Crippen molar-refractivity contribution in [1.29, 1.82) is 0 Å². The average Bonchev–Trinajstić information content (AvgIpc) is 2.15. The largest absolute Gasteiger partial charge is 0.405 e. The van der Waals surface area contributed by atoms with Crippen molar-refractivity contribution in [3.63, 3.8) is 0 Å². The van der Waals surface area contributed by atoms with E-state index in [1.165, 1.54) is 4.90 Å². The summed E-state index contributed by atoms with van der Waals surface area (Å²) in [7, 11) is 0. The van der Waals surface area contributed by atoms with Crippen molar-refractivity contribution in [3.8, 4) is 0 Å². The Balaban J connectivity index is 3.94. The fourth-order valence-corrected chi connectivity index (χ4v) is 1.04. The Bertz CT molecular complexity index is 194. The Hall–Kier alpha value is -0.940. The fraction of sp³-hybridized carbons (Fsp3) is 0.889. The number of nitrogens with one attached hydrogen (secondary N) is 1. The summed E-state index contributed by atoms with van der Waals surface area (Å²) in [5.41, 5.74) is 0. The molecular weight excluding hydrogens is 209 g/mol. The van der Waals surface area contributed by atoms with Gasteiger partial charge in [0.2, 0.25) is 0 Å². The van der Waals surface area contributed by atoms with Gasteiger partial charge in [-0.05, 0) is 13.3 Å². The molecule has 0 saturated carbocycles. The molecule has 0 bridgehead atoms. The molecule has 0 aromatic rings. The second kappa shape index (κ2) is 6.53. The van der Waals surface area contributed by atoms with Crippen molar-refractivity contribution in [2.24, 2.45) is 0 Å². The lowest BCUT2D eigenvalue weighted by Crippen LogP contribution is -2.44. The number of carbonyl (C=O) groups excluding carboxylic acids is 1. The van der Waals surface area contributed by atoms with Gasteiger partial charge in [-0.25, -0.2) is 4.79 Å². The maximum atomic E-state index is 11.8. The molecule has 1 N–H and O–H groups in total. The highest BCUT2D eigenvalue weighted by Gasteiger charge is 2.28. The first-order valence-electron chi connectivity index (χ1n) is 5.00. The van der Waals surface area contributed by atoms with Gasteiger partial charge in [-0.15, -0.1) is 0 Å². The van der Waals surface area contributed by atoms with Crippen LogP contribution in [-0.2, 0) is 0 Å². The van der Waals surface area contributed by atoms with E-state index >= 15 is 0 Å². The molecule has 0 rings (SSSR count). The summed E-state index contributed by atoms with van der Waals surface area (Å²) >= 11 is 0. The van der Waals surface area contributed by atoms with Crippen LogP contribution < -0.4 is 5.32 Å². The van der Waals surface area contributed by atoms with Crippen molar-refractivity contribution in [1.82, 2.24) is 10.2 Å². The van der Waals surface area contributed by atoms with Crippen LogP contribution in [-0.4, -0.2) is 36.7 Å². The summed E-state index contributed by atoms with van der Waals surface area (Å²) in [6.45, 7) is 3.35.